The number of hydrogen-bond donors (Lipinski definition) is 2. The van der Waals surface area contributed by atoms with Gasteiger partial charge >= 0.3 is 0 Å². The summed E-state index contributed by atoms with van der Waals surface area (Å²) in [6, 6.07) is 1.94. The lowest BCUT2D eigenvalue weighted by molar-refractivity contribution is -0.126. The molecule has 0 saturated carbocycles. The highest BCUT2D eigenvalue weighted by molar-refractivity contribution is 5.85. The molecule has 0 aromatic carbocycles. The number of rotatable bonds is 5. The van der Waals surface area contributed by atoms with Crippen molar-refractivity contribution in [1.29, 1.82) is 0 Å². The molecular formula is C13H21N3O. The Hall–Kier alpha value is -1.42. The van der Waals surface area contributed by atoms with Crippen LogP contribution in [0, 0.1) is 6.92 Å². The summed E-state index contributed by atoms with van der Waals surface area (Å²) < 4.78 is 0. The molecule has 1 aromatic rings. The number of amides is 1. The van der Waals surface area contributed by atoms with Crippen LogP contribution in [-0.4, -0.2) is 23.0 Å². The predicted molar refractivity (Wildman–Crippen MR) is 68.6 cm³/mol. The van der Waals surface area contributed by atoms with Gasteiger partial charge in [-0.25, -0.2) is 0 Å². The zero-order valence-corrected chi connectivity index (χ0v) is 11.0. The van der Waals surface area contributed by atoms with E-state index in [9.17, 15) is 4.79 Å². The van der Waals surface area contributed by atoms with Crippen molar-refractivity contribution in [2.24, 2.45) is 0 Å². The lowest BCUT2D eigenvalue weighted by Gasteiger charge is -2.24. The summed E-state index contributed by atoms with van der Waals surface area (Å²) >= 11 is 0. The Morgan fingerprint density at radius 2 is 2.18 bits per heavy atom. The number of carbonyl (C=O) groups is 1. The number of aryl methyl sites for hydroxylation is 1. The van der Waals surface area contributed by atoms with E-state index in [-0.39, 0.29) is 5.91 Å². The number of likely N-dealkylation sites (N-methyl/N-ethyl adjacent to an activating group) is 1. The molecule has 2 N–H and O–H groups in total. The standard InChI is InChI=1S/C13H21N3O/c1-5-16-13(3,4)12(17)15-9-11-8-14-7-6-10(11)2/h6-8,16H,5,9H2,1-4H3,(H,15,17). The predicted octanol–water partition coefficient (Wildman–Crippen LogP) is 1.39. The van der Waals surface area contributed by atoms with E-state index in [0.29, 0.717) is 6.54 Å². The van der Waals surface area contributed by atoms with Gasteiger partial charge in [0.2, 0.25) is 5.91 Å². The van der Waals surface area contributed by atoms with Gasteiger partial charge in [0.25, 0.3) is 0 Å². The summed E-state index contributed by atoms with van der Waals surface area (Å²) in [4.78, 5) is 16.0. The van der Waals surface area contributed by atoms with Gasteiger partial charge in [-0.2, -0.15) is 0 Å². The summed E-state index contributed by atoms with van der Waals surface area (Å²) in [5.74, 6) is 0.00241. The first kappa shape index (κ1) is 13.6. The number of nitrogens with zero attached hydrogens (tertiary/aromatic N) is 1. The average molecular weight is 235 g/mol. The van der Waals surface area contributed by atoms with Crippen molar-refractivity contribution < 1.29 is 4.79 Å². The lowest BCUT2D eigenvalue weighted by Crippen LogP contribution is -2.52. The van der Waals surface area contributed by atoms with Gasteiger partial charge in [-0.1, -0.05) is 6.92 Å². The van der Waals surface area contributed by atoms with Gasteiger partial charge in [0.05, 0.1) is 5.54 Å². The molecule has 0 unspecified atom stereocenters. The second-order valence-corrected chi connectivity index (χ2v) is 4.64. The molecule has 1 amide bonds. The molecule has 0 fully saturated rings. The smallest absolute Gasteiger partial charge is 0.239 e. The summed E-state index contributed by atoms with van der Waals surface area (Å²) in [5.41, 5.74) is 1.65. The van der Waals surface area contributed by atoms with E-state index in [1.807, 2.05) is 33.8 Å². The molecule has 94 valence electrons. The molecule has 1 rings (SSSR count). The Labute approximate surface area is 103 Å². The molecule has 1 aromatic heterocycles. The second-order valence-electron chi connectivity index (χ2n) is 4.64. The average Bonchev–Trinajstić information content (AvgIpc) is 2.27. The van der Waals surface area contributed by atoms with E-state index < -0.39 is 5.54 Å². The van der Waals surface area contributed by atoms with Gasteiger partial charge < -0.3 is 10.6 Å². The van der Waals surface area contributed by atoms with Crippen molar-refractivity contribution >= 4 is 5.91 Å². The van der Waals surface area contributed by atoms with Crippen LogP contribution in [0.2, 0.25) is 0 Å². The van der Waals surface area contributed by atoms with Crippen LogP contribution in [0.15, 0.2) is 18.5 Å². The van der Waals surface area contributed by atoms with Crippen LogP contribution in [0.1, 0.15) is 31.9 Å². The SMILES string of the molecule is CCNC(C)(C)C(=O)NCc1cnccc1C. The molecule has 4 heteroatoms. The highest BCUT2D eigenvalue weighted by Gasteiger charge is 2.25. The Morgan fingerprint density at radius 3 is 2.76 bits per heavy atom. The van der Waals surface area contributed by atoms with E-state index >= 15 is 0 Å². The monoisotopic (exact) mass is 235 g/mol. The number of pyridine rings is 1. The molecule has 0 atom stereocenters. The van der Waals surface area contributed by atoms with Crippen molar-refractivity contribution in [3.63, 3.8) is 0 Å². The lowest BCUT2D eigenvalue weighted by atomic mass is 10.0. The fraction of sp³-hybridized carbons (Fsp3) is 0.538. The highest BCUT2D eigenvalue weighted by atomic mass is 16.2. The maximum atomic E-state index is 11.9. The van der Waals surface area contributed by atoms with Crippen LogP contribution in [0.5, 0.6) is 0 Å². The molecule has 0 aliphatic rings. The van der Waals surface area contributed by atoms with Crippen LogP contribution >= 0.6 is 0 Å². The third kappa shape index (κ3) is 3.82. The third-order valence-electron chi connectivity index (χ3n) is 2.77. The van der Waals surface area contributed by atoms with Crippen LogP contribution in [-0.2, 0) is 11.3 Å². The first-order chi connectivity index (χ1) is 7.97. The normalized spacial score (nSPS) is 11.3. The largest absolute Gasteiger partial charge is 0.350 e. The first-order valence-electron chi connectivity index (χ1n) is 5.90. The molecule has 0 spiro atoms. The van der Waals surface area contributed by atoms with Gasteiger partial charge in [-0.05, 0) is 44.5 Å². The topological polar surface area (TPSA) is 54.0 Å². The summed E-state index contributed by atoms with van der Waals surface area (Å²) in [6.07, 6.45) is 3.54. The first-order valence-corrected chi connectivity index (χ1v) is 5.90. The van der Waals surface area contributed by atoms with Crippen molar-refractivity contribution in [3.05, 3.63) is 29.6 Å². The van der Waals surface area contributed by atoms with Crippen molar-refractivity contribution in [3.8, 4) is 0 Å². The van der Waals surface area contributed by atoms with Gasteiger partial charge in [-0.3, -0.25) is 9.78 Å². The maximum absolute atomic E-state index is 11.9. The fourth-order valence-electron chi connectivity index (χ4n) is 1.60. The molecule has 0 aliphatic heterocycles. The summed E-state index contributed by atoms with van der Waals surface area (Å²) in [7, 11) is 0. The molecule has 0 saturated heterocycles. The molecule has 0 radical (unpaired) electrons. The number of carbonyl (C=O) groups excluding carboxylic acids is 1. The quantitative estimate of drug-likeness (QED) is 0.811. The van der Waals surface area contributed by atoms with E-state index in [1.54, 1.807) is 12.4 Å². The minimum absolute atomic E-state index is 0.00241. The summed E-state index contributed by atoms with van der Waals surface area (Å²) in [6.45, 7) is 9.04. The fourth-order valence-corrected chi connectivity index (χ4v) is 1.60. The zero-order chi connectivity index (χ0) is 12.9. The Kier molecular flexibility index (Phi) is 4.63. The van der Waals surface area contributed by atoms with Crippen molar-refractivity contribution in [2.45, 2.75) is 39.8 Å². The van der Waals surface area contributed by atoms with Crippen LogP contribution < -0.4 is 10.6 Å². The molecule has 17 heavy (non-hydrogen) atoms. The van der Waals surface area contributed by atoms with Crippen LogP contribution in [0.4, 0.5) is 0 Å². The molecule has 1 heterocycles. The molecule has 0 bridgehead atoms. The van der Waals surface area contributed by atoms with Crippen LogP contribution in [0.25, 0.3) is 0 Å². The molecular weight excluding hydrogens is 214 g/mol. The van der Waals surface area contributed by atoms with Gasteiger partial charge in [0.1, 0.15) is 0 Å². The Morgan fingerprint density at radius 1 is 1.47 bits per heavy atom. The van der Waals surface area contributed by atoms with E-state index in [0.717, 1.165) is 17.7 Å². The van der Waals surface area contributed by atoms with Crippen molar-refractivity contribution in [2.75, 3.05) is 6.54 Å². The van der Waals surface area contributed by atoms with Gasteiger partial charge in [0.15, 0.2) is 0 Å². The van der Waals surface area contributed by atoms with E-state index in [2.05, 4.69) is 15.6 Å². The van der Waals surface area contributed by atoms with E-state index in [4.69, 9.17) is 0 Å². The molecule has 4 nitrogen and oxygen atoms in total. The van der Waals surface area contributed by atoms with E-state index in [1.165, 1.54) is 0 Å². The van der Waals surface area contributed by atoms with Gasteiger partial charge in [-0.15, -0.1) is 0 Å². The maximum Gasteiger partial charge on any atom is 0.239 e. The van der Waals surface area contributed by atoms with Gasteiger partial charge in [0, 0.05) is 18.9 Å². The minimum Gasteiger partial charge on any atom is -0.350 e. The summed E-state index contributed by atoms with van der Waals surface area (Å²) in [5, 5.41) is 6.07. The van der Waals surface area contributed by atoms with Crippen molar-refractivity contribution in [1.82, 2.24) is 15.6 Å². The zero-order valence-electron chi connectivity index (χ0n) is 11.0. The highest BCUT2D eigenvalue weighted by Crippen LogP contribution is 2.06. The Balaban J connectivity index is 2.57. The molecule has 0 aliphatic carbocycles. The second kappa shape index (κ2) is 5.77. The number of nitrogens with one attached hydrogen (secondary N) is 2. The number of aromatic nitrogens is 1. The minimum atomic E-state index is -0.537. The number of hydrogen-bond acceptors (Lipinski definition) is 3. The third-order valence-corrected chi connectivity index (χ3v) is 2.77. The Bertz CT molecular complexity index is 388. The van der Waals surface area contributed by atoms with Crippen LogP contribution in [0.3, 0.4) is 0 Å².